The highest BCUT2D eigenvalue weighted by Crippen LogP contribution is 2.08. The lowest BCUT2D eigenvalue weighted by molar-refractivity contribution is 0.102. The van der Waals surface area contributed by atoms with Crippen molar-refractivity contribution in [2.45, 2.75) is 0 Å². The zero-order valence-corrected chi connectivity index (χ0v) is 9.58. The van der Waals surface area contributed by atoms with Crippen molar-refractivity contribution >= 4 is 23.1 Å². The smallest absolute Gasteiger partial charge is 0.366 e. The second-order valence-corrected chi connectivity index (χ2v) is 3.73. The summed E-state index contributed by atoms with van der Waals surface area (Å²) in [5.74, 6) is -0.411. The molecule has 94 valence electrons. The molecular formula is C12H8N4O3. The Balaban J connectivity index is 1.93. The highest BCUT2D eigenvalue weighted by molar-refractivity contribution is 6.03. The number of rotatable bonds is 2. The van der Waals surface area contributed by atoms with Crippen molar-refractivity contribution in [3.63, 3.8) is 0 Å². The standard InChI is InChI=1S/C12H8N4O3/c17-10(7-4-2-1-3-5-7)16-12-15-9-8(11(18)19-12)13-6-14-9/h1-6H,(H,13,14)(H,15,16,17). The third-order valence-electron chi connectivity index (χ3n) is 2.48. The van der Waals surface area contributed by atoms with Gasteiger partial charge in [-0.05, 0) is 12.1 Å². The normalized spacial score (nSPS) is 10.5. The molecule has 0 aliphatic carbocycles. The van der Waals surface area contributed by atoms with Crippen LogP contribution in [-0.2, 0) is 0 Å². The fraction of sp³-hybridized carbons (Fsp3) is 0. The molecule has 0 aliphatic rings. The van der Waals surface area contributed by atoms with Crippen LogP contribution in [0, 0.1) is 0 Å². The summed E-state index contributed by atoms with van der Waals surface area (Å²) in [6, 6.07) is 8.36. The molecule has 2 heterocycles. The van der Waals surface area contributed by atoms with Gasteiger partial charge in [-0.1, -0.05) is 18.2 Å². The summed E-state index contributed by atoms with van der Waals surface area (Å²) in [6.07, 6.45) is 1.33. The summed E-state index contributed by atoms with van der Waals surface area (Å²) in [5.41, 5.74) is 0.164. The predicted octanol–water partition coefficient (Wildman–Crippen LogP) is 1.16. The predicted molar refractivity (Wildman–Crippen MR) is 66.8 cm³/mol. The SMILES string of the molecule is O=C(Nc1nc2nc[nH]c2c(=O)o1)c1ccccc1. The number of carbonyl (C=O) groups excluding carboxylic acids is 1. The Morgan fingerprint density at radius 3 is 2.84 bits per heavy atom. The number of fused-ring (bicyclic) bond motifs is 1. The molecule has 7 nitrogen and oxygen atoms in total. The molecule has 0 bridgehead atoms. The Morgan fingerprint density at radius 1 is 1.26 bits per heavy atom. The lowest BCUT2D eigenvalue weighted by atomic mass is 10.2. The first-order valence-electron chi connectivity index (χ1n) is 5.44. The maximum Gasteiger partial charge on any atom is 0.366 e. The first kappa shape index (κ1) is 11.1. The molecule has 0 unspecified atom stereocenters. The van der Waals surface area contributed by atoms with Crippen LogP contribution in [0.5, 0.6) is 0 Å². The first-order valence-corrected chi connectivity index (χ1v) is 5.44. The van der Waals surface area contributed by atoms with E-state index < -0.39 is 11.5 Å². The number of hydrogen-bond donors (Lipinski definition) is 2. The van der Waals surface area contributed by atoms with Crippen molar-refractivity contribution in [2.24, 2.45) is 0 Å². The summed E-state index contributed by atoms with van der Waals surface area (Å²) in [4.78, 5) is 33.8. The van der Waals surface area contributed by atoms with Crippen LogP contribution in [0.1, 0.15) is 10.4 Å². The minimum absolute atomic E-state index is 0.165. The fourth-order valence-electron chi connectivity index (χ4n) is 1.59. The summed E-state index contributed by atoms with van der Waals surface area (Å²) in [6.45, 7) is 0. The highest BCUT2D eigenvalue weighted by atomic mass is 16.4. The number of H-pyrrole nitrogens is 1. The number of imidazole rings is 1. The number of aromatic nitrogens is 3. The Morgan fingerprint density at radius 2 is 2.05 bits per heavy atom. The van der Waals surface area contributed by atoms with Crippen molar-refractivity contribution in [2.75, 3.05) is 5.32 Å². The summed E-state index contributed by atoms with van der Waals surface area (Å²) in [7, 11) is 0. The summed E-state index contributed by atoms with van der Waals surface area (Å²) in [5, 5.41) is 2.41. The van der Waals surface area contributed by atoms with Gasteiger partial charge in [0.2, 0.25) is 0 Å². The van der Waals surface area contributed by atoms with E-state index in [1.807, 2.05) is 0 Å². The molecule has 3 rings (SSSR count). The number of amides is 1. The van der Waals surface area contributed by atoms with E-state index in [1.165, 1.54) is 6.33 Å². The number of nitrogens with zero attached hydrogens (tertiary/aromatic N) is 2. The molecule has 1 amide bonds. The van der Waals surface area contributed by atoms with Gasteiger partial charge >= 0.3 is 11.6 Å². The highest BCUT2D eigenvalue weighted by Gasteiger charge is 2.11. The number of aromatic amines is 1. The largest absolute Gasteiger partial charge is 0.387 e. The van der Waals surface area contributed by atoms with Gasteiger partial charge in [0.1, 0.15) is 0 Å². The van der Waals surface area contributed by atoms with E-state index in [1.54, 1.807) is 30.3 Å². The minimum Gasteiger partial charge on any atom is -0.387 e. The molecule has 0 aliphatic heterocycles. The molecule has 0 spiro atoms. The number of nitrogens with one attached hydrogen (secondary N) is 2. The maximum atomic E-state index is 11.9. The van der Waals surface area contributed by atoms with Gasteiger partial charge in [-0.15, -0.1) is 0 Å². The molecule has 0 atom stereocenters. The quantitative estimate of drug-likeness (QED) is 0.716. The molecule has 2 N–H and O–H groups in total. The molecule has 0 radical (unpaired) electrons. The van der Waals surface area contributed by atoms with Gasteiger partial charge in [0.25, 0.3) is 5.91 Å². The molecule has 0 saturated carbocycles. The minimum atomic E-state index is -0.633. The van der Waals surface area contributed by atoms with Crippen LogP contribution in [0.25, 0.3) is 11.2 Å². The number of benzene rings is 1. The van der Waals surface area contributed by atoms with Crippen LogP contribution in [0.4, 0.5) is 6.01 Å². The lowest BCUT2D eigenvalue weighted by Gasteiger charge is -2.01. The fourth-order valence-corrected chi connectivity index (χ4v) is 1.59. The summed E-state index contributed by atoms with van der Waals surface area (Å²) >= 11 is 0. The zero-order valence-electron chi connectivity index (χ0n) is 9.58. The lowest BCUT2D eigenvalue weighted by Crippen LogP contribution is -2.15. The van der Waals surface area contributed by atoms with E-state index in [2.05, 4.69) is 20.3 Å². The van der Waals surface area contributed by atoms with E-state index in [9.17, 15) is 9.59 Å². The van der Waals surface area contributed by atoms with Gasteiger partial charge in [-0.3, -0.25) is 10.1 Å². The van der Waals surface area contributed by atoms with Crippen LogP contribution in [0.2, 0.25) is 0 Å². The summed E-state index contributed by atoms with van der Waals surface area (Å²) < 4.78 is 4.87. The average Bonchev–Trinajstić information content (AvgIpc) is 2.88. The second-order valence-electron chi connectivity index (χ2n) is 3.73. The van der Waals surface area contributed by atoms with E-state index in [4.69, 9.17) is 4.42 Å². The third-order valence-corrected chi connectivity index (χ3v) is 2.48. The molecular weight excluding hydrogens is 248 g/mol. The van der Waals surface area contributed by atoms with Gasteiger partial charge in [0.15, 0.2) is 11.2 Å². The number of anilines is 1. The molecule has 0 saturated heterocycles. The van der Waals surface area contributed by atoms with E-state index in [0.717, 1.165) is 0 Å². The van der Waals surface area contributed by atoms with Gasteiger partial charge in [0, 0.05) is 5.56 Å². The average molecular weight is 256 g/mol. The van der Waals surface area contributed by atoms with Crippen LogP contribution < -0.4 is 10.9 Å². The molecule has 0 fully saturated rings. The molecule has 3 aromatic rings. The first-order chi connectivity index (χ1) is 9.24. The zero-order chi connectivity index (χ0) is 13.2. The van der Waals surface area contributed by atoms with Gasteiger partial charge in [0.05, 0.1) is 6.33 Å². The van der Waals surface area contributed by atoms with Gasteiger partial charge in [-0.25, -0.2) is 9.78 Å². The molecule has 19 heavy (non-hydrogen) atoms. The van der Waals surface area contributed by atoms with Crippen LogP contribution in [-0.4, -0.2) is 20.9 Å². The van der Waals surface area contributed by atoms with E-state index in [0.29, 0.717) is 5.56 Å². The van der Waals surface area contributed by atoms with Crippen molar-refractivity contribution in [3.8, 4) is 0 Å². The van der Waals surface area contributed by atoms with Gasteiger partial charge in [-0.2, -0.15) is 4.98 Å². The monoisotopic (exact) mass is 256 g/mol. The van der Waals surface area contributed by atoms with Crippen molar-refractivity contribution in [1.29, 1.82) is 0 Å². The molecule has 1 aromatic carbocycles. The van der Waals surface area contributed by atoms with Crippen molar-refractivity contribution in [1.82, 2.24) is 15.0 Å². The Bertz CT molecular complexity index is 791. The third kappa shape index (κ3) is 2.08. The Hall–Kier alpha value is -2.96. The van der Waals surface area contributed by atoms with Crippen molar-refractivity contribution < 1.29 is 9.21 Å². The maximum absolute atomic E-state index is 11.9. The molecule has 2 aromatic heterocycles. The van der Waals surface area contributed by atoms with Crippen LogP contribution in [0.15, 0.2) is 45.9 Å². The van der Waals surface area contributed by atoms with E-state index >= 15 is 0 Å². The van der Waals surface area contributed by atoms with E-state index in [-0.39, 0.29) is 17.2 Å². The van der Waals surface area contributed by atoms with Crippen LogP contribution in [0.3, 0.4) is 0 Å². The van der Waals surface area contributed by atoms with Crippen molar-refractivity contribution in [3.05, 3.63) is 52.6 Å². The Kier molecular flexibility index (Phi) is 2.57. The Labute approximate surface area is 106 Å². The topological polar surface area (TPSA) is 101 Å². The number of hydrogen-bond acceptors (Lipinski definition) is 5. The molecule has 7 heteroatoms. The van der Waals surface area contributed by atoms with Gasteiger partial charge < -0.3 is 9.40 Å². The second kappa shape index (κ2) is 4.37. The number of carbonyl (C=O) groups is 1. The van der Waals surface area contributed by atoms with Crippen LogP contribution >= 0.6 is 0 Å².